The molecule has 2 rings (SSSR count). The number of nitrogens with zero attached hydrogens (tertiary/aromatic N) is 2. The van der Waals surface area contributed by atoms with E-state index in [-0.39, 0.29) is 10.7 Å². The second-order valence-electron chi connectivity index (χ2n) is 4.05. The molecule has 21 heavy (non-hydrogen) atoms. The van der Waals surface area contributed by atoms with Crippen molar-refractivity contribution in [1.29, 1.82) is 5.26 Å². The fourth-order valence-electron chi connectivity index (χ4n) is 1.63. The number of thiazole rings is 1. The normalized spacial score (nSPS) is 11.1. The molecular weight excluding hydrogens is 305 g/mol. The largest absolute Gasteiger partial charge is 0.419 e. The van der Waals surface area contributed by atoms with Crippen LogP contribution in [0.5, 0.6) is 0 Å². The summed E-state index contributed by atoms with van der Waals surface area (Å²) in [4.78, 5) is 17.0. The summed E-state index contributed by atoms with van der Waals surface area (Å²) in [5.74, 6) is 0.178. The summed E-state index contributed by atoms with van der Waals surface area (Å²) in [7, 11) is 0. The second-order valence-corrected chi connectivity index (χ2v) is 4.89. The standard InChI is InChI=1S/C12H9F3N4OS/c13-12(14,15)8-1-2-10(19-9(8)5-16)17-4-3-7-6-21-11(20)18-7/h1-2,6H,3-4H2,(H,17,19)(H,18,20). The first kappa shape index (κ1) is 15.1. The first-order valence-corrected chi connectivity index (χ1v) is 6.67. The van der Waals surface area contributed by atoms with Crippen molar-refractivity contribution >= 4 is 17.2 Å². The monoisotopic (exact) mass is 314 g/mol. The van der Waals surface area contributed by atoms with Crippen LogP contribution in [-0.2, 0) is 12.6 Å². The van der Waals surface area contributed by atoms with E-state index in [1.807, 2.05) is 0 Å². The van der Waals surface area contributed by atoms with Gasteiger partial charge in [-0.3, -0.25) is 4.79 Å². The van der Waals surface area contributed by atoms with Gasteiger partial charge >= 0.3 is 11.0 Å². The highest BCUT2D eigenvalue weighted by molar-refractivity contribution is 7.07. The highest BCUT2D eigenvalue weighted by atomic mass is 32.1. The number of aromatic nitrogens is 2. The van der Waals surface area contributed by atoms with Crippen LogP contribution in [0.2, 0.25) is 0 Å². The molecule has 0 saturated heterocycles. The van der Waals surface area contributed by atoms with Crippen molar-refractivity contribution in [2.45, 2.75) is 12.6 Å². The van der Waals surface area contributed by atoms with E-state index >= 15 is 0 Å². The summed E-state index contributed by atoms with van der Waals surface area (Å²) >= 11 is 1.04. The number of H-pyrrole nitrogens is 1. The molecule has 5 nitrogen and oxygen atoms in total. The molecule has 0 saturated carbocycles. The number of hydrogen-bond donors (Lipinski definition) is 2. The van der Waals surface area contributed by atoms with E-state index in [0.717, 1.165) is 23.1 Å². The average molecular weight is 314 g/mol. The van der Waals surface area contributed by atoms with Crippen molar-refractivity contribution in [2.75, 3.05) is 11.9 Å². The highest BCUT2D eigenvalue weighted by Crippen LogP contribution is 2.31. The number of rotatable bonds is 4. The van der Waals surface area contributed by atoms with Crippen LogP contribution in [0.1, 0.15) is 17.0 Å². The molecule has 0 aliphatic heterocycles. The molecule has 0 aliphatic rings. The second kappa shape index (κ2) is 5.97. The SMILES string of the molecule is N#Cc1nc(NCCc2csc(=O)[nH]2)ccc1C(F)(F)F. The fourth-order valence-corrected chi connectivity index (χ4v) is 2.25. The van der Waals surface area contributed by atoms with Gasteiger partial charge in [0.15, 0.2) is 5.69 Å². The first-order valence-electron chi connectivity index (χ1n) is 5.79. The number of anilines is 1. The van der Waals surface area contributed by atoms with Crippen molar-refractivity contribution < 1.29 is 13.2 Å². The first-order chi connectivity index (χ1) is 9.90. The molecule has 0 fully saturated rings. The summed E-state index contributed by atoms with van der Waals surface area (Å²) < 4.78 is 37.8. The molecule has 0 aliphatic carbocycles. The van der Waals surface area contributed by atoms with Gasteiger partial charge in [-0.1, -0.05) is 11.3 Å². The Morgan fingerprint density at radius 1 is 1.43 bits per heavy atom. The number of aromatic amines is 1. The topological polar surface area (TPSA) is 81.6 Å². The van der Waals surface area contributed by atoms with Crippen molar-refractivity contribution in [3.05, 3.63) is 44.1 Å². The zero-order chi connectivity index (χ0) is 15.5. The smallest absolute Gasteiger partial charge is 0.370 e. The molecule has 2 heterocycles. The van der Waals surface area contributed by atoms with Crippen LogP contribution >= 0.6 is 11.3 Å². The molecule has 2 N–H and O–H groups in total. The highest BCUT2D eigenvalue weighted by Gasteiger charge is 2.34. The molecule has 0 bridgehead atoms. The Labute approximate surface area is 121 Å². The Bertz CT molecular complexity index is 729. The summed E-state index contributed by atoms with van der Waals surface area (Å²) in [5.41, 5.74) is -1.00. The zero-order valence-corrected chi connectivity index (χ0v) is 11.3. The van der Waals surface area contributed by atoms with Crippen LogP contribution in [0.25, 0.3) is 0 Å². The molecule has 0 unspecified atom stereocenters. The van der Waals surface area contributed by atoms with Crippen molar-refractivity contribution in [1.82, 2.24) is 9.97 Å². The van der Waals surface area contributed by atoms with Crippen molar-refractivity contribution in [3.8, 4) is 6.07 Å². The van der Waals surface area contributed by atoms with Crippen molar-refractivity contribution in [3.63, 3.8) is 0 Å². The maximum atomic E-state index is 12.6. The third kappa shape index (κ3) is 3.82. The quantitative estimate of drug-likeness (QED) is 0.908. The van der Waals surface area contributed by atoms with E-state index in [4.69, 9.17) is 5.26 Å². The number of alkyl halides is 3. The van der Waals surface area contributed by atoms with Gasteiger partial charge in [0.05, 0.1) is 5.56 Å². The fraction of sp³-hybridized carbons (Fsp3) is 0.250. The third-order valence-corrected chi connectivity index (χ3v) is 3.30. The summed E-state index contributed by atoms with van der Waals surface area (Å²) in [6, 6.07) is 3.42. The Hall–Kier alpha value is -2.34. The number of halogens is 3. The molecule has 0 radical (unpaired) electrons. The van der Waals surface area contributed by atoms with E-state index in [2.05, 4.69) is 15.3 Å². The molecule has 2 aromatic heterocycles. The molecule has 0 aromatic carbocycles. The lowest BCUT2D eigenvalue weighted by atomic mass is 10.2. The van der Waals surface area contributed by atoms with Gasteiger partial charge in [-0.15, -0.1) is 0 Å². The lowest BCUT2D eigenvalue weighted by Crippen LogP contribution is -2.12. The van der Waals surface area contributed by atoms with E-state index in [1.54, 1.807) is 5.38 Å². The molecule has 0 spiro atoms. The van der Waals surface area contributed by atoms with Gasteiger partial charge in [0.1, 0.15) is 11.9 Å². The molecule has 2 aromatic rings. The van der Waals surface area contributed by atoms with Crippen LogP contribution in [0.4, 0.5) is 19.0 Å². The van der Waals surface area contributed by atoms with Crippen LogP contribution < -0.4 is 10.2 Å². The van der Waals surface area contributed by atoms with Gasteiger partial charge in [-0.05, 0) is 12.1 Å². The molecule has 9 heteroatoms. The summed E-state index contributed by atoms with van der Waals surface area (Å²) in [6.45, 7) is 0.371. The van der Waals surface area contributed by atoms with Crippen LogP contribution in [-0.4, -0.2) is 16.5 Å². The van der Waals surface area contributed by atoms with E-state index in [1.165, 1.54) is 12.1 Å². The predicted molar refractivity (Wildman–Crippen MR) is 71.1 cm³/mol. The molecule has 0 amide bonds. The Balaban J connectivity index is 2.04. The van der Waals surface area contributed by atoms with Gasteiger partial charge in [0.25, 0.3) is 0 Å². The average Bonchev–Trinajstić information content (AvgIpc) is 2.83. The zero-order valence-electron chi connectivity index (χ0n) is 10.5. The Morgan fingerprint density at radius 3 is 2.76 bits per heavy atom. The molecular formula is C12H9F3N4OS. The van der Waals surface area contributed by atoms with E-state index < -0.39 is 17.4 Å². The van der Waals surface area contributed by atoms with Gasteiger partial charge < -0.3 is 10.3 Å². The van der Waals surface area contributed by atoms with Gasteiger partial charge in [-0.25, -0.2) is 4.98 Å². The summed E-state index contributed by atoms with van der Waals surface area (Å²) in [6.07, 6.45) is -4.11. The molecule has 110 valence electrons. The van der Waals surface area contributed by atoms with Gasteiger partial charge in [0, 0.05) is 24.0 Å². The van der Waals surface area contributed by atoms with E-state index in [0.29, 0.717) is 13.0 Å². The van der Waals surface area contributed by atoms with Crippen molar-refractivity contribution in [2.24, 2.45) is 0 Å². The van der Waals surface area contributed by atoms with Gasteiger partial charge in [0.2, 0.25) is 0 Å². The maximum absolute atomic E-state index is 12.6. The Morgan fingerprint density at radius 2 is 2.19 bits per heavy atom. The van der Waals surface area contributed by atoms with E-state index in [9.17, 15) is 18.0 Å². The number of hydrogen-bond acceptors (Lipinski definition) is 5. The minimum atomic E-state index is -4.60. The maximum Gasteiger partial charge on any atom is 0.419 e. The van der Waals surface area contributed by atoms with Gasteiger partial charge in [-0.2, -0.15) is 18.4 Å². The Kier molecular flexibility index (Phi) is 4.28. The lowest BCUT2D eigenvalue weighted by molar-refractivity contribution is -0.138. The minimum absolute atomic E-state index is 0.163. The van der Waals surface area contributed by atoms with Crippen LogP contribution in [0.3, 0.4) is 0 Å². The number of nitriles is 1. The summed E-state index contributed by atoms with van der Waals surface area (Å²) in [5, 5.41) is 13.2. The third-order valence-electron chi connectivity index (χ3n) is 2.58. The van der Waals surface area contributed by atoms with Crippen LogP contribution in [0.15, 0.2) is 22.3 Å². The predicted octanol–water partition coefficient (Wildman–Crippen LogP) is 2.38. The lowest BCUT2D eigenvalue weighted by Gasteiger charge is -2.10. The minimum Gasteiger partial charge on any atom is -0.370 e. The number of nitrogens with one attached hydrogen (secondary N) is 2. The molecule has 0 atom stereocenters. The van der Waals surface area contributed by atoms with Crippen LogP contribution in [0, 0.1) is 11.3 Å². The number of pyridine rings is 1.